The lowest BCUT2D eigenvalue weighted by Crippen LogP contribution is -2.54. The SMILES string of the molecule is COc1cc2ncnc(Nc3ccc(F)c(Cl)c3)c2cc1NC(=O)/C=C/CN1CCC(N2CCN(C(=O)CCOCCOCCOCCOCCC(N)=O)CC2)CC1. The maximum absolute atomic E-state index is 13.7. The summed E-state index contributed by atoms with van der Waals surface area (Å²) in [5.41, 5.74) is 6.64. The Morgan fingerprint density at radius 1 is 0.879 bits per heavy atom. The van der Waals surface area contributed by atoms with Crippen molar-refractivity contribution in [3.8, 4) is 5.75 Å². The van der Waals surface area contributed by atoms with Crippen LogP contribution in [0.4, 0.5) is 21.6 Å². The van der Waals surface area contributed by atoms with Crippen LogP contribution in [0, 0.1) is 5.82 Å². The van der Waals surface area contributed by atoms with E-state index in [0.29, 0.717) is 119 Å². The molecule has 3 amide bonds. The predicted molar refractivity (Wildman–Crippen MR) is 218 cm³/mol. The number of carbonyl (C=O) groups is 3. The number of amides is 3. The number of piperidine rings is 1. The van der Waals surface area contributed by atoms with Gasteiger partial charge < -0.3 is 45.0 Å². The van der Waals surface area contributed by atoms with Crippen LogP contribution in [0.5, 0.6) is 5.75 Å². The number of primary amides is 1. The molecular weight excluding hydrogens is 775 g/mol. The summed E-state index contributed by atoms with van der Waals surface area (Å²) in [5.74, 6) is -0.193. The highest BCUT2D eigenvalue weighted by Gasteiger charge is 2.28. The Balaban J connectivity index is 0.937. The van der Waals surface area contributed by atoms with E-state index in [1.807, 2.05) is 11.0 Å². The number of halogens is 2. The van der Waals surface area contributed by atoms with Crippen LogP contribution in [-0.4, -0.2) is 154 Å². The number of rotatable bonds is 23. The number of benzene rings is 2. The van der Waals surface area contributed by atoms with E-state index in [1.54, 1.807) is 18.2 Å². The Morgan fingerprint density at radius 3 is 2.17 bits per heavy atom. The summed E-state index contributed by atoms with van der Waals surface area (Å²) in [6.07, 6.45) is 7.40. The first-order chi connectivity index (χ1) is 28.2. The zero-order valence-corrected chi connectivity index (χ0v) is 33.7. The minimum absolute atomic E-state index is 0.0176. The normalized spacial score (nSPS) is 15.6. The van der Waals surface area contributed by atoms with Gasteiger partial charge in [-0.1, -0.05) is 17.7 Å². The molecule has 5 rings (SSSR count). The number of methoxy groups -OCH3 is 1. The molecule has 16 nitrogen and oxygen atoms in total. The first kappa shape index (κ1) is 44.6. The van der Waals surface area contributed by atoms with Gasteiger partial charge in [0.15, 0.2) is 0 Å². The van der Waals surface area contributed by atoms with E-state index in [0.717, 1.165) is 39.0 Å². The van der Waals surface area contributed by atoms with Crippen molar-refractivity contribution < 1.29 is 42.5 Å². The second-order valence-electron chi connectivity index (χ2n) is 13.8. The van der Waals surface area contributed by atoms with Crippen LogP contribution in [0.2, 0.25) is 5.02 Å². The highest BCUT2D eigenvalue weighted by Crippen LogP contribution is 2.33. The fourth-order valence-electron chi connectivity index (χ4n) is 6.70. The molecule has 58 heavy (non-hydrogen) atoms. The van der Waals surface area contributed by atoms with Gasteiger partial charge in [-0.3, -0.25) is 24.2 Å². The number of likely N-dealkylation sites (tertiary alicyclic amines) is 1. The van der Waals surface area contributed by atoms with E-state index >= 15 is 0 Å². The van der Waals surface area contributed by atoms with Gasteiger partial charge >= 0.3 is 0 Å². The molecule has 2 aromatic carbocycles. The van der Waals surface area contributed by atoms with Crippen LogP contribution >= 0.6 is 11.6 Å². The predicted octanol–water partition coefficient (Wildman–Crippen LogP) is 3.61. The molecule has 3 aromatic rings. The van der Waals surface area contributed by atoms with Gasteiger partial charge in [0.1, 0.15) is 23.7 Å². The number of nitrogens with zero attached hydrogens (tertiary/aromatic N) is 5. The smallest absolute Gasteiger partial charge is 0.248 e. The number of nitrogens with two attached hydrogens (primary N) is 1. The fourth-order valence-corrected chi connectivity index (χ4v) is 6.88. The van der Waals surface area contributed by atoms with E-state index in [-0.39, 0.29) is 29.2 Å². The number of carbonyl (C=O) groups excluding carboxylic acids is 3. The Morgan fingerprint density at radius 2 is 1.53 bits per heavy atom. The van der Waals surface area contributed by atoms with Crippen molar-refractivity contribution in [3.63, 3.8) is 0 Å². The summed E-state index contributed by atoms with van der Waals surface area (Å²) in [7, 11) is 1.52. The molecule has 0 aliphatic carbocycles. The number of anilines is 3. The number of hydrogen-bond donors (Lipinski definition) is 3. The lowest BCUT2D eigenvalue weighted by molar-refractivity contribution is -0.134. The molecule has 0 saturated carbocycles. The number of nitrogens with one attached hydrogen (secondary N) is 2. The van der Waals surface area contributed by atoms with Crippen molar-refractivity contribution in [1.29, 1.82) is 0 Å². The van der Waals surface area contributed by atoms with Gasteiger partial charge in [0.25, 0.3) is 0 Å². The van der Waals surface area contributed by atoms with Crippen LogP contribution in [0.15, 0.2) is 48.8 Å². The van der Waals surface area contributed by atoms with Gasteiger partial charge in [-0.2, -0.15) is 0 Å². The van der Waals surface area contributed by atoms with Crippen molar-refractivity contribution in [2.24, 2.45) is 5.73 Å². The molecule has 3 heterocycles. The van der Waals surface area contributed by atoms with Crippen LogP contribution in [0.25, 0.3) is 10.9 Å². The third-order valence-electron chi connectivity index (χ3n) is 9.84. The van der Waals surface area contributed by atoms with Gasteiger partial charge in [-0.25, -0.2) is 14.4 Å². The quantitative estimate of drug-likeness (QED) is 0.0933. The summed E-state index contributed by atoms with van der Waals surface area (Å²) in [5, 5.41) is 6.66. The number of piperazine rings is 1. The zero-order chi connectivity index (χ0) is 41.1. The van der Waals surface area contributed by atoms with Gasteiger partial charge in [0, 0.05) is 68.4 Å². The Hall–Kier alpha value is -4.49. The number of hydrogen-bond acceptors (Lipinski definition) is 13. The lowest BCUT2D eigenvalue weighted by Gasteiger charge is -2.42. The highest BCUT2D eigenvalue weighted by atomic mass is 35.5. The fraction of sp³-hybridized carbons (Fsp3) is 0.525. The van der Waals surface area contributed by atoms with Crippen molar-refractivity contribution >= 4 is 57.4 Å². The van der Waals surface area contributed by atoms with E-state index in [9.17, 15) is 18.8 Å². The Bertz CT molecular complexity index is 1820. The molecule has 0 radical (unpaired) electrons. The van der Waals surface area contributed by atoms with Gasteiger partial charge in [-0.15, -0.1) is 0 Å². The van der Waals surface area contributed by atoms with Crippen molar-refractivity contribution in [1.82, 2.24) is 24.7 Å². The molecule has 316 valence electrons. The Labute approximate surface area is 343 Å². The van der Waals surface area contributed by atoms with Gasteiger partial charge in [-0.05, 0) is 50.2 Å². The molecule has 1 aromatic heterocycles. The van der Waals surface area contributed by atoms with E-state index in [2.05, 4.69) is 30.4 Å². The summed E-state index contributed by atoms with van der Waals surface area (Å²) in [6, 6.07) is 8.22. The maximum atomic E-state index is 13.7. The highest BCUT2D eigenvalue weighted by molar-refractivity contribution is 6.31. The largest absolute Gasteiger partial charge is 0.494 e. The molecule has 18 heteroatoms. The first-order valence-corrected chi connectivity index (χ1v) is 19.9. The molecule has 2 aliphatic heterocycles. The second kappa shape index (κ2) is 23.8. The van der Waals surface area contributed by atoms with Crippen LogP contribution in [0.3, 0.4) is 0 Å². The minimum atomic E-state index is -0.522. The third-order valence-corrected chi connectivity index (χ3v) is 10.1. The van der Waals surface area contributed by atoms with Crippen LogP contribution < -0.4 is 21.1 Å². The number of fused-ring (bicyclic) bond motifs is 1. The van der Waals surface area contributed by atoms with Gasteiger partial charge in [0.05, 0.1) is 82.6 Å². The van der Waals surface area contributed by atoms with E-state index in [1.165, 1.54) is 31.6 Å². The third kappa shape index (κ3) is 14.4. The van der Waals surface area contributed by atoms with E-state index < -0.39 is 5.82 Å². The molecule has 0 bridgehead atoms. The summed E-state index contributed by atoms with van der Waals surface area (Å²) in [6.45, 7) is 8.81. The first-order valence-electron chi connectivity index (χ1n) is 19.6. The van der Waals surface area contributed by atoms with Crippen molar-refractivity contribution in [3.05, 3.63) is 59.7 Å². The van der Waals surface area contributed by atoms with E-state index in [4.69, 9.17) is 41.0 Å². The monoisotopic (exact) mass is 828 g/mol. The molecule has 4 N–H and O–H groups in total. The summed E-state index contributed by atoms with van der Waals surface area (Å²) in [4.78, 5) is 51.8. The molecule has 2 aliphatic rings. The molecule has 2 fully saturated rings. The summed E-state index contributed by atoms with van der Waals surface area (Å²) >= 11 is 5.96. The average molecular weight is 829 g/mol. The van der Waals surface area contributed by atoms with Gasteiger partial charge in [0.2, 0.25) is 17.7 Å². The lowest BCUT2D eigenvalue weighted by atomic mass is 10.0. The standard InChI is InChI=1S/C40H54ClFN8O8/c1-54-36-27-34-31(40(45-28-44-34)46-29-4-5-33(42)32(41)25-29)26-35(36)47-38(52)3-2-10-48-11-6-30(7-12-48)49-13-15-50(16-14-49)39(53)9-18-56-20-22-58-24-23-57-21-19-55-17-8-37(43)51/h2-5,25-28,30H,6-24H2,1H3,(H2,43,51)(H,47,52)(H,44,45,46)/b3-2+. The maximum Gasteiger partial charge on any atom is 0.248 e. The molecular formula is C40H54ClFN8O8. The molecule has 2 saturated heterocycles. The van der Waals surface area contributed by atoms with Crippen LogP contribution in [0.1, 0.15) is 25.7 Å². The number of ether oxygens (including phenoxy) is 5. The second-order valence-corrected chi connectivity index (χ2v) is 14.2. The molecule has 0 spiro atoms. The summed E-state index contributed by atoms with van der Waals surface area (Å²) < 4.78 is 40.9. The number of aromatic nitrogens is 2. The average Bonchev–Trinajstić information content (AvgIpc) is 3.22. The molecule has 0 unspecified atom stereocenters. The topological polar surface area (TPSA) is 183 Å². The Kier molecular flexibility index (Phi) is 18.3. The van der Waals surface area contributed by atoms with Crippen molar-refractivity contribution in [2.75, 3.05) is 116 Å². The minimum Gasteiger partial charge on any atom is -0.494 e. The zero-order valence-electron chi connectivity index (χ0n) is 33.0. The van der Waals surface area contributed by atoms with Crippen molar-refractivity contribution in [2.45, 2.75) is 31.7 Å². The van der Waals surface area contributed by atoms with Crippen LogP contribution in [-0.2, 0) is 33.3 Å². The molecule has 0 atom stereocenters.